The Labute approximate surface area is 139 Å². The van der Waals surface area contributed by atoms with Crippen LogP contribution in [-0.4, -0.2) is 17.4 Å². The zero-order valence-corrected chi connectivity index (χ0v) is 14.7. The van der Waals surface area contributed by atoms with Crippen molar-refractivity contribution in [3.8, 4) is 0 Å². The van der Waals surface area contributed by atoms with Crippen LogP contribution >= 0.6 is 0 Å². The maximum absolute atomic E-state index is 11.2. The first-order valence-electron chi connectivity index (χ1n) is 8.81. The van der Waals surface area contributed by atoms with Crippen molar-refractivity contribution < 1.29 is 14.7 Å². The second-order valence-electron chi connectivity index (χ2n) is 8.09. The smallest absolute Gasteiger partial charge is 0.328 e. The zero-order valence-electron chi connectivity index (χ0n) is 14.7. The van der Waals surface area contributed by atoms with Crippen LogP contribution < -0.4 is 0 Å². The fraction of sp³-hybridized carbons (Fsp3) is 0.700. The van der Waals surface area contributed by atoms with Crippen molar-refractivity contribution in [3.63, 3.8) is 0 Å². The first kappa shape index (κ1) is 18.0. The molecule has 0 saturated heterocycles. The Morgan fingerprint density at radius 1 is 1.39 bits per heavy atom. The summed E-state index contributed by atoms with van der Waals surface area (Å²) >= 11 is 0. The molecule has 0 bridgehead atoms. The molecule has 0 aromatic rings. The van der Waals surface area contributed by atoms with Crippen LogP contribution in [-0.2, 0) is 9.59 Å². The quantitative estimate of drug-likeness (QED) is 0.451. The number of aliphatic carboxylic acids is 1. The lowest BCUT2D eigenvalue weighted by molar-refractivity contribution is -0.131. The molecule has 23 heavy (non-hydrogen) atoms. The lowest BCUT2D eigenvalue weighted by Crippen LogP contribution is -2.50. The van der Waals surface area contributed by atoms with Crippen LogP contribution in [0.2, 0.25) is 0 Å². The van der Waals surface area contributed by atoms with Crippen LogP contribution in [0.3, 0.4) is 0 Å². The minimum atomic E-state index is -1.04. The van der Waals surface area contributed by atoms with E-state index < -0.39 is 5.97 Å². The van der Waals surface area contributed by atoms with Gasteiger partial charge in [-0.3, -0.25) is 4.79 Å². The molecule has 0 aliphatic heterocycles. The Morgan fingerprint density at radius 2 is 2.09 bits per heavy atom. The Hall–Kier alpha value is -1.38. The summed E-state index contributed by atoms with van der Waals surface area (Å²) in [4.78, 5) is 22.0. The second-order valence-corrected chi connectivity index (χ2v) is 8.09. The van der Waals surface area contributed by atoms with E-state index in [1.54, 1.807) is 0 Å². The van der Waals surface area contributed by atoms with Crippen LogP contribution in [0, 0.1) is 22.7 Å². The molecule has 2 saturated carbocycles. The van der Waals surface area contributed by atoms with Gasteiger partial charge in [0.1, 0.15) is 6.29 Å². The van der Waals surface area contributed by atoms with Crippen molar-refractivity contribution in [1.29, 1.82) is 0 Å². The molecule has 0 aromatic carbocycles. The van der Waals surface area contributed by atoms with Gasteiger partial charge in [0.15, 0.2) is 0 Å². The van der Waals surface area contributed by atoms with Gasteiger partial charge in [-0.25, -0.2) is 4.79 Å². The third-order valence-electron chi connectivity index (χ3n) is 6.98. The minimum Gasteiger partial charge on any atom is -0.478 e. The summed E-state index contributed by atoms with van der Waals surface area (Å²) in [6.45, 7) is 11.4. The van der Waals surface area contributed by atoms with Crippen molar-refractivity contribution in [2.24, 2.45) is 22.7 Å². The molecule has 1 N–H and O–H groups in total. The number of rotatable bonds is 5. The SMILES string of the molecule is C=C1CCCC2C1(C)CCC(C)C2(C)CCC(C=O)=CC(=O)O. The average Bonchev–Trinajstić information content (AvgIpc) is 2.50. The van der Waals surface area contributed by atoms with Crippen LogP contribution in [0.25, 0.3) is 0 Å². The topological polar surface area (TPSA) is 54.4 Å². The monoisotopic (exact) mass is 318 g/mol. The van der Waals surface area contributed by atoms with E-state index in [1.807, 2.05) is 0 Å². The molecule has 3 nitrogen and oxygen atoms in total. The van der Waals surface area contributed by atoms with Crippen molar-refractivity contribution in [2.45, 2.75) is 65.7 Å². The number of carboxylic acid groups (broad SMARTS) is 1. The van der Waals surface area contributed by atoms with E-state index in [1.165, 1.54) is 31.3 Å². The lowest BCUT2D eigenvalue weighted by atomic mass is 9.46. The molecule has 2 rings (SSSR count). The Balaban J connectivity index is 2.24. The molecule has 2 aliphatic rings. The Kier molecular flexibility index (Phi) is 5.17. The van der Waals surface area contributed by atoms with Gasteiger partial charge in [0.25, 0.3) is 0 Å². The van der Waals surface area contributed by atoms with Gasteiger partial charge in [0.05, 0.1) is 0 Å². The highest BCUT2D eigenvalue weighted by Gasteiger charge is 2.53. The second kappa shape index (κ2) is 6.62. The van der Waals surface area contributed by atoms with Gasteiger partial charge in [-0.2, -0.15) is 0 Å². The van der Waals surface area contributed by atoms with Crippen molar-refractivity contribution in [3.05, 3.63) is 23.8 Å². The maximum atomic E-state index is 11.2. The number of fused-ring (bicyclic) bond motifs is 1. The molecule has 4 unspecified atom stereocenters. The van der Waals surface area contributed by atoms with E-state index in [0.29, 0.717) is 30.1 Å². The molecule has 3 heteroatoms. The third-order valence-corrected chi connectivity index (χ3v) is 6.98. The highest BCUT2D eigenvalue weighted by molar-refractivity contribution is 5.88. The average molecular weight is 318 g/mol. The molecule has 0 heterocycles. The summed E-state index contributed by atoms with van der Waals surface area (Å²) in [7, 11) is 0. The van der Waals surface area contributed by atoms with Gasteiger partial charge in [0.2, 0.25) is 0 Å². The van der Waals surface area contributed by atoms with Gasteiger partial charge in [0, 0.05) is 6.08 Å². The Bertz CT molecular complexity index is 533. The summed E-state index contributed by atoms with van der Waals surface area (Å²) < 4.78 is 0. The van der Waals surface area contributed by atoms with Crippen LogP contribution in [0.15, 0.2) is 23.8 Å². The number of hydrogen-bond donors (Lipinski definition) is 1. The van der Waals surface area contributed by atoms with E-state index in [-0.39, 0.29) is 10.8 Å². The largest absolute Gasteiger partial charge is 0.478 e. The molecule has 0 radical (unpaired) electrons. The van der Waals surface area contributed by atoms with Gasteiger partial charge in [-0.15, -0.1) is 0 Å². The van der Waals surface area contributed by atoms with E-state index in [0.717, 1.165) is 18.9 Å². The minimum absolute atomic E-state index is 0.136. The molecular formula is C20H30O3. The molecule has 0 aromatic heterocycles. The predicted octanol–water partition coefficient (Wildman–Crippen LogP) is 4.78. The first-order valence-corrected chi connectivity index (χ1v) is 8.81. The molecule has 4 atom stereocenters. The van der Waals surface area contributed by atoms with E-state index in [9.17, 15) is 9.59 Å². The standard InChI is InChI=1S/C20H30O3/c1-14-6-5-7-17-19(14,3)10-8-15(2)20(17,4)11-9-16(13-21)12-18(22)23/h12-13,15,17H,1,5-11H2,2-4H3,(H,22,23). The van der Waals surface area contributed by atoms with Gasteiger partial charge < -0.3 is 5.11 Å². The van der Waals surface area contributed by atoms with E-state index in [2.05, 4.69) is 27.4 Å². The molecule has 2 fully saturated rings. The first-order chi connectivity index (χ1) is 10.7. The lowest BCUT2D eigenvalue weighted by Gasteiger charge is -2.59. The van der Waals surface area contributed by atoms with Crippen LogP contribution in [0.4, 0.5) is 0 Å². The summed E-state index contributed by atoms with van der Waals surface area (Å²) in [5.41, 5.74) is 2.13. The predicted molar refractivity (Wildman–Crippen MR) is 92.1 cm³/mol. The molecule has 0 spiro atoms. The number of allylic oxidation sites excluding steroid dienone is 2. The fourth-order valence-corrected chi connectivity index (χ4v) is 5.13. The number of aldehydes is 1. The number of carbonyl (C=O) groups is 2. The van der Waals surface area contributed by atoms with Crippen LogP contribution in [0.1, 0.15) is 65.7 Å². The van der Waals surface area contributed by atoms with E-state index in [4.69, 9.17) is 5.11 Å². The molecule has 0 amide bonds. The normalized spacial score (nSPS) is 38.0. The highest BCUT2D eigenvalue weighted by atomic mass is 16.4. The molecular weight excluding hydrogens is 288 g/mol. The maximum Gasteiger partial charge on any atom is 0.328 e. The number of hydrogen-bond acceptors (Lipinski definition) is 2. The van der Waals surface area contributed by atoms with Crippen molar-refractivity contribution in [2.75, 3.05) is 0 Å². The van der Waals surface area contributed by atoms with Gasteiger partial charge in [-0.1, -0.05) is 32.9 Å². The zero-order chi connectivity index (χ0) is 17.3. The van der Waals surface area contributed by atoms with Crippen LogP contribution in [0.5, 0.6) is 0 Å². The summed E-state index contributed by atoms with van der Waals surface area (Å²) in [6.07, 6.45) is 9.13. The van der Waals surface area contributed by atoms with E-state index >= 15 is 0 Å². The van der Waals surface area contributed by atoms with Gasteiger partial charge >= 0.3 is 5.97 Å². The van der Waals surface area contributed by atoms with Gasteiger partial charge in [-0.05, 0) is 73.2 Å². The molecule has 128 valence electrons. The summed E-state index contributed by atoms with van der Waals surface area (Å²) in [5, 5.41) is 8.88. The summed E-state index contributed by atoms with van der Waals surface area (Å²) in [6, 6.07) is 0. The van der Waals surface area contributed by atoms with Crippen molar-refractivity contribution >= 4 is 12.3 Å². The van der Waals surface area contributed by atoms with Crippen molar-refractivity contribution in [1.82, 2.24) is 0 Å². The number of carbonyl (C=O) groups excluding carboxylic acids is 1. The fourth-order valence-electron chi connectivity index (χ4n) is 5.13. The molecule has 2 aliphatic carbocycles. The summed E-state index contributed by atoms with van der Waals surface area (Å²) in [5.74, 6) is 0.131. The third kappa shape index (κ3) is 3.29. The number of carboxylic acids is 1. The highest BCUT2D eigenvalue weighted by Crippen LogP contribution is 2.62. The Morgan fingerprint density at radius 3 is 2.70 bits per heavy atom.